The molecule has 0 saturated heterocycles. The van der Waals surface area contributed by atoms with Crippen LogP contribution in [-0.4, -0.2) is 17.2 Å². The molecule has 0 unspecified atom stereocenters. The van der Waals surface area contributed by atoms with Crippen LogP contribution in [0.4, 0.5) is 0 Å². The molecule has 3 aromatic rings. The van der Waals surface area contributed by atoms with Gasteiger partial charge in [0, 0.05) is 18.3 Å². The smallest absolute Gasteiger partial charge is 0.202 e. The number of aromatic amines is 1. The minimum atomic E-state index is 0.354. The van der Waals surface area contributed by atoms with Crippen LogP contribution in [0.5, 0.6) is 0 Å². The van der Waals surface area contributed by atoms with Gasteiger partial charge in [0.25, 0.3) is 0 Å². The van der Waals surface area contributed by atoms with Gasteiger partial charge in [-0.05, 0) is 36.1 Å². The number of nitrogens with one attached hydrogen (secondary N) is 1. The molecule has 0 atom stereocenters. The zero-order valence-electron chi connectivity index (χ0n) is 13.1. The highest BCUT2D eigenvalue weighted by atomic mass is 14.9. The summed E-state index contributed by atoms with van der Waals surface area (Å²) in [5, 5.41) is 0. The van der Waals surface area contributed by atoms with Gasteiger partial charge < -0.3 is 4.98 Å². The van der Waals surface area contributed by atoms with Crippen molar-refractivity contribution in [1.29, 1.82) is 0 Å². The van der Waals surface area contributed by atoms with E-state index in [1.54, 1.807) is 6.20 Å². The number of benzene rings is 2. The van der Waals surface area contributed by atoms with Gasteiger partial charge in [0.1, 0.15) is 0 Å². The quantitative estimate of drug-likeness (QED) is 0.713. The zero-order valence-corrected chi connectivity index (χ0v) is 13.1. The third-order valence-electron chi connectivity index (χ3n) is 4.19. The molecular weight excluding hydrogens is 267 g/mol. The normalized spacial score (nSPS) is 10.9. The van der Waals surface area contributed by atoms with E-state index in [0.717, 1.165) is 12.0 Å². The van der Waals surface area contributed by atoms with Crippen molar-refractivity contribution < 1.29 is 0 Å². The van der Waals surface area contributed by atoms with Crippen molar-refractivity contribution in [1.82, 2.24) is 9.97 Å². The van der Waals surface area contributed by atoms with E-state index in [4.69, 9.17) is 0 Å². The van der Waals surface area contributed by atoms with Crippen molar-refractivity contribution in [3.63, 3.8) is 0 Å². The van der Waals surface area contributed by atoms with Gasteiger partial charge >= 0.3 is 0 Å². The maximum atomic E-state index is 4.31. The van der Waals surface area contributed by atoms with E-state index in [2.05, 4.69) is 79.6 Å². The molecule has 0 fully saturated rings. The van der Waals surface area contributed by atoms with Crippen molar-refractivity contribution in [2.75, 3.05) is 0 Å². The summed E-state index contributed by atoms with van der Waals surface area (Å²) in [5.41, 5.74) is 6.39. The number of hydrogen-bond donors (Lipinski definition) is 1. The van der Waals surface area contributed by atoms with Crippen LogP contribution < -0.4 is 5.72 Å². The summed E-state index contributed by atoms with van der Waals surface area (Å²) in [6.07, 6.45) is 4.59. The monoisotopic (exact) mass is 287 g/mol. The Labute approximate surface area is 132 Å². The molecule has 3 rings (SSSR count). The van der Waals surface area contributed by atoms with Gasteiger partial charge in [-0.1, -0.05) is 54.9 Å². The second kappa shape index (κ2) is 6.65. The molecule has 0 saturated carbocycles. The number of rotatable bonds is 5. The van der Waals surface area contributed by atoms with Crippen LogP contribution in [0.1, 0.15) is 28.2 Å². The average molecular weight is 287 g/mol. The van der Waals surface area contributed by atoms with Gasteiger partial charge in [-0.25, -0.2) is 0 Å². The average Bonchev–Trinajstić information content (AvgIpc) is 3.04. The standard InChI is InChI=1S/C19H20BN2/c1-14-7-3-5-9-16(14)18(13-20-19-21-11-12-22-19)17-10-6-4-8-15(17)2/h3-12,18H,13H2,1-2H3,(H,21,22). The van der Waals surface area contributed by atoms with Crippen LogP contribution in [0.2, 0.25) is 6.32 Å². The van der Waals surface area contributed by atoms with Crippen molar-refractivity contribution in [3.8, 4) is 0 Å². The fraction of sp³-hybridized carbons (Fsp3) is 0.211. The summed E-state index contributed by atoms with van der Waals surface area (Å²) in [7, 11) is 2.18. The molecule has 2 nitrogen and oxygen atoms in total. The maximum absolute atomic E-state index is 4.31. The van der Waals surface area contributed by atoms with Gasteiger partial charge in [-0.2, -0.15) is 0 Å². The number of nitrogens with zero attached hydrogens (tertiary/aromatic N) is 1. The Balaban J connectivity index is 1.95. The molecule has 0 amide bonds. The molecule has 109 valence electrons. The number of aryl methyl sites for hydroxylation is 2. The Morgan fingerprint density at radius 3 is 2.05 bits per heavy atom. The molecule has 1 N–H and O–H groups in total. The Morgan fingerprint density at radius 1 is 0.955 bits per heavy atom. The van der Waals surface area contributed by atoms with E-state index < -0.39 is 0 Å². The number of H-pyrrole nitrogens is 1. The van der Waals surface area contributed by atoms with E-state index in [-0.39, 0.29) is 0 Å². The summed E-state index contributed by atoms with van der Waals surface area (Å²) in [6.45, 7) is 4.38. The van der Waals surface area contributed by atoms with Gasteiger partial charge in [0.05, 0.1) is 5.72 Å². The third kappa shape index (κ3) is 3.14. The minimum absolute atomic E-state index is 0.354. The summed E-state index contributed by atoms with van der Waals surface area (Å²) in [4.78, 5) is 7.47. The van der Waals surface area contributed by atoms with Gasteiger partial charge in [-0.3, -0.25) is 4.98 Å². The molecule has 3 heteroatoms. The summed E-state index contributed by atoms with van der Waals surface area (Å²) in [6, 6.07) is 17.3. The fourth-order valence-corrected chi connectivity index (χ4v) is 3.00. The first kappa shape index (κ1) is 14.6. The van der Waals surface area contributed by atoms with Gasteiger partial charge in [-0.15, -0.1) is 0 Å². The van der Waals surface area contributed by atoms with E-state index in [9.17, 15) is 0 Å². The summed E-state index contributed by atoms with van der Waals surface area (Å²) >= 11 is 0. The molecular formula is C19H20BN2. The number of imidazole rings is 1. The lowest BCUT2D eigenvalue weighted by atomic mass is 9.65. The van der Waals surface area contributed by atoms with Crippen LogP contribution in [0.3, 0.4) is 0 Å². The van der Waals surface area contributed by atoms with Crippen molar-refractivity contribution in [2.24, 2.45) is 0 Å². The van der Waals surface area contributed by atoms with Crippen LogP contribution in [0.15, 0.2) is 60.9 Å². The Bertz CT molecular complexity index is 689. The number of aromatic nitrogens is 2. The molecule has 2 aromatic carbocycles. The highest BCUT2D eigenvalue weighted by molar-refractivity contribution is 6.51. The molecule has 22 heavy (non-hydrogen) atoms. The van der Waals surface area contributed by atoms with Gasteiger partial charge in [0.2, 0.25) is 7.28 Å². The van der Waals surface area contributed by atoms with Gasteiger partial charge in [0.15, 0.2) is 0 Å². The van der Waals surface area contributed by atoms with Crippen molar-refractivity contribution in [3.05, 3.63) is 83.2 Å². The molecule has 0 aliphatic rings. The number of hydrogen-bond acceptors (Lipinski definition) is 1. The van der Waals surface area contributed by atoms with Crippen LogP contribution in [0, 0.1) is 13.8 Å². The molecule has 0 bridgehead atoms. The van der Waals surface area contributed by atoms with Crippen LogP contribution in [-0.2, 0) is 0 Å². The first-order valence-electron chi connectivity index (χ1n) is 7.69. The largest absolute Gasteiger partial charge is 0.357 e. The first-order chi connectivity index (χ1) is 10.8. The predicted molar refractivity (Wildman–Crippen MR) is 93.0 cm³/mol. The Kier molecular flexibility index (Phi) is 4.43. The molecule has 0 aliphatic carbocycles. The predicted octanol–water partition coefficient (Wildman–Crippen LogP) is 3.61. The second-order valence-corrected chi connectivity index (χ2v) is 5.68. The second-order valence-electron chi connectivity index (χ2n) is 5.68. The molecule has 1 heterocycles. The lowest BCUT2D eigenvalue weighted by Gasteiger charge is -2.21. The minimum Gasteiger partial charge on any atom is -0.357 e. The molecule has 0 spiro atoms. The summed E-state index contributed by atoms with van der Waals surface area (Å²) < 4.78 is 0. The highest BCUT2D eigenvalue weighted by Gasteiger charge is 2.18. The van der Waals surface area contributed by atoms with Crippen LogP contribution >= 0.6 is 0 Å². The lowest BCUT2D eigenvalue weighted by Crippen LogP contribution is -2.21. The van der Waals surface area contributed by atoms with Crippen molar-refractivity contribution >= 4 is 13.0 Å². The molecule has 0 aliphatic heterocycles. The Hall–Kier alpha value is -2.29. The maximum Gasteiger partial charge on any atom is 0.202 e. The van der Waals surface area contributed by atoms with Crippen LogP contribution in [0.25, 0.3) is 0 Å². The molecule has 1 radical (unpaired) electrons. The van der Waals surface area contributed by atoms with Crippen molar-refractivity contribution in [2.45, 2.75) is 26.1 Å². The fourth-order valence-electron chi connectivity index (χ4n) is 3.00. The topological polar surface area (TPSA) is 28.7 Å². The molecule has 1 aromatic heterocycles. The SMILES string of the molecule is Cc1ccccc1C(C[B]c1ncc[nH]1)c1ccccc1C. The highest BCUT2D eigenvalue weighted by Crippen LogP contribution is 2.32. The first-order valence-corrected chi connectivity index (χ1v) is 7.69. The third-order valence-corrected chi connectivity index (χ3v) is 4.19. The van der Waals surface area contributed by atoms with E-state index in [1.807, 2.05) is 6.20 Å². The van der Waals surface area contributed by atoms with E-state index in [1.165, 1.54) is 22.3 Å². The zero-order chi connectivity index (χ0) is 15.4. The van der Waals surface area contributed by atoms with E-state index >= 15 is 0 Å². The van der Waals surface area contributed by atoms with E-state index in [0.29, 0.717) is 5.92 Å². The Morgan fingerprint density at radius 2 is 1.55 bits per heavy atom. The lowest BCUT2D eigenvalue weighted by molar-refractivity contribution is 0.892. The summed E-state index contributed by atoms with van der Waals surface area (Å²) in [5.74, 6) is 0.354.